The van der Waals surface area contributed by atoms with Crippen LogP contribution in [0.3, 0.4) is 0 Å². The Morgan fingerprint density at radius 2 is 1.67 bits per heavy atom. The third kappa shape index (κ3) is 1.10. The van der Waals surface area contributed by atoms with Crippen molar-refractivity contribution in [1.29, 1.82) is 0 Å². The Balaban J connectivity index is 2.14. The molecule has 2 saturated heterocycles. The Labute approximate surface area is 75.5 Å². The average molecular weight is 168 g/mol. The summed E-state index contributed by atoms with van der Waals surface area (Å²) in [5.41, 5.74) is 0.786. The van der Waals surface area contributed by atoms with Gasteiger partial charge in [0.2, 0.25) is 0 Å². The van der Waals surface area contributed by atoms with Crippen molar-refractivity contribution in [3.05, 3.63) is 0 Å². The Morgan fingerprint density at radius 1 is 1.08 bits per heavy atom. The largest absolute Gasteiger partial charge is 0.375 e. The minimum absolute atomic E-state index is 0.247. The molecule has 0 aromatic carbocycles. The van der Waals surface area contributed by atoms with Crippen LogP contribution in [0.15, 0.2) is 0 Å². The van der Waals surface area contributed by atoms with Gasteiger partial charge in [-0.1, -0.05) is 13.8 Å². The summed E-state index contributed by atoms with van der Waals surface area (Å²) in [6.07, 6.45) is 5.35. The van der Waals surface area contributed by atoms with Crippen molar-refractivity contribution in [3.8, 4) is 0 Å². The van der Waals surface area contributed by atoms with Gasteiger partial charge >= 0.3 is 0 Å². The van der Waals surface area contributed by atoms with Crippen LogP contribution >= 0.6 is 0 Å². The molecule has 1 heteroatoms. The van der Waals surface area contributed by atoms with Crippen molar-refractivity contribution >= 4 is 0 Å². The number of rotatable bonds is 1. The molecule has 0 aromatic heterocycles. The lowest BCUT2D eigenvalue weighted by molar-refractivity contribution is -0.187. The maximum atomic E-state index is 5.93. The summed E-state index contributed by atoms with van der Waals surface area (Å²) in [5.74, 6) is 0.794. The molecule has 0 amide bonds. The second kappa shape index (κ2) is 2.47. The van der Waals surface area contributed by atoms with Gasteiger partial charge in [0, 0.05) is 0 Å². The second-order valence-corrected chi connectivity index (χ2v) is 5.26. The third-order valence-electron chi connectivity index (χ3n) is 4.24. The van der Waals surface area contributed by atoms with Gasteiger partial charge in [0.1, 0.15) is 0 Å². The van der Waals surface area contributed by atoms with Gasteiger partial charge in [0.15, 0.2) is 0 Å². The first-order valence-electron chi connectivity index (χ1n) is 5.20. The molecule has 3 aliphatic rings. The van der Waals surface area contributed by atoms with Crippen LogP contribution in [0.1, 0.15) is 46.5 Å². The van der Waals surface area contributed by atoms with Crippen molar-refractivity contribution in [2.24, 2.45) is 11.3 Å². The fourth-order valence-electron chi connectivity index (χ4n) is 2.63. The summed E-state index contributed by atoms with van der Waals surface area (Å²) in [5, 5.41) is 0. The van der Waals surface area contributed by atoms with E-state index in [1.165, 1.54) is 25.7 Å². The quantitative estimate of drug-likeness (QED) is 0.585. The normalized spacial score (nSPS) is 47.0. The first-order valence-corrected chi connectivity index (χ1v) is 5.20. The Bertz CT molecular complexity index is 159. The van der Waals surface area contributed by atoms with E-state index in [1.807, 2.05) is 0 Å². The second-order valence-electron chi connectivity index (χ2n) is 5.26. The summed E-state index contributed by atoms with van der Waals surface area (Å²) < 4.78 is 5.93. The Hall–Kier alpha value is -0.0400. The van der Waals surface area contributed by atoms with Crippen molar-refractivity contribution in [3.63, 3.8) is 0 Å². The highest BCUT2D eigenvalue weighted by Gasteiger charge is 2.48. The molecule has 2 aliphatic heterocycles. The van der Waals surface area contributed by atoms with Crippen molar-refractivity contribution in [2.45, 2.75) is 52.1 Å². The zero-order valence-electron chi connectivity index (χ0n) is 8.52. The summed E-state index contributed by atoms with van der Waals surface area (Å²) >= 11 is 0. The van der Waals surface area contributed by atoms with E-state index in [2.05, 4.69) is 20.8 Å². The van der Waals surface area contributed by atoms with Gasteiger partial charge in [-0.3, -0.25) is 0 Å². The van der Waals surface area contributed by atoms with Gasteiger partial charge < -0.3 is 4.74 Å². The molecule has 0 atom stereocenters. The lowest BCUT2D eigenvalue weighted by Crippen LogP contribution is -2.51. The highest BCUT2D eigenvalue weighted by Crippen LogP contribution is 2.52. The maximum Gasteiger partial charge on any atom is 0.0655 e. The summed E-state index contributed by atoms with van der Waals surface area (Å²) in [6.45, 7) is 7.98. The molecule has 1 saturated carbocycles. The van der Waals surface area contributed by atoms with Crippen LogP contribution in [0.2, 0.25) is 0 Å². The van der Waals surface area contributed by atoms with Crippen molar-refractivity contribution in [2.75, 3.05) is 6.61 Å². The van der Waals surface area contributed by atoms with E-state index < -0.39 is 0 Å². The highest BCUT2D eigenvalue weighted by molar-refractivity contribution is 4.98. The predicted octanol–water partition coefficient (Wildman–Crippen LogP) is 2.99. The molecule has 3 fully saturated rings. The molecule has 2 bridgehead atoms. The number of hydrogen-bond donors (Lipinski definition) is 0. The summed E-state index contributed by atoms with van der Waals surface area (Å²) in [7, 11) is 0. The molecule has 0 spiro atoms. The molecular weight excluding hydrogens is 148 g/mol. The monoisotopic (exact) mass is 168 g/mol. The SMILES string of the molecule is CC(C)C12CCC(C)(CC1)OC2. The molecule has 3 rings (SSSR count). The molecule has 1 nitrogen and oxygen atoms in total. The van der Waals surface area contributed by atoms with E-state index in [9.17, 15) is 0 Å². The van der Waals surface area contributed by atoms with Gasteiger partial charge in [0.25, 0.3) is 0 Å². The van der Waals surface area contributed by atoms with Crippen molar-refractivity contribution in [1.82, 2.24) is 0 Å². The van der Waals surface area contributed by atoms with Crippen molar-refractivity contribution < 1.29 is 4.74 Å². The maximum absolute atomic E-state index is 5.93. The van der Waals surface area contributed by atoms with E-state index in [1.54, 1.807) is 0 Å². The first kappa shape index (κ1) is 8.55. The van der Waals surface area contributed by atoms with E-state index in [0.29, 0.717) is 5.41 Å². The molecule has 1 aliphatic carbocycles. The topological polar surface area (TPSA) is 9.23 Å². The lowest BCUT2D eigenvalue weighted by Gasteiger charge is -2.53. The molecule has 0 N–H and O–H groups in total. The lowest BCUT2D eigenvalue weighted by atomic mass is 9.62. The van der Waals surface area contributed by atoms with Gasteiger partial charge in [-0.25, -0.2) is 0 Å². The fraction of sp³-hybridized carbons (Fsp3) is 1.00. The first-order chi connectivity index (χ1) is 5.56. The summed E-state index contributed by atoms with van der Waals surface area (Å²) in [6, 6.07) is 0. The van der Waals surface area contributed by atoms with Gasteiger partial charge in [-0.05, 0) is 43.9 Å². The molecule has 70 valence electrons. The van der Waals surface area contributed by atoms with Gasteiger partial charge in [-0.2, -0.15) is 0 Å². The zero-order chi connectivity index (χ0) is 8.82. The van der Waals surface area contributed by atoms with E-state index in [0.717, 1.165) is 12.5 Å². The zero-order valence-corrected chi connectivity index (χ0v) is 8.52. The number of fused-ring (bicyclic) bond motifs is 3. The summed E-state index contributed by atoms with van der Waals surface area (Å²) in [4.78, 5) is 0. The Morgan fingerprint density at radius 3 is 2.00 bits per heavy atom. The predicted molar refractivity (Wildman–Crippen MR) is 50.1 cm³/mol. The molecular formula is C11H20O. The average Bonchev–Trinajstić information content (AvgIpc) is 2.06. The van der Waals surface area contributed by atoms with Crippen LogP contribution in [0, 0.1) is 11.3 Å². The van der Waals surface area contributed by atoms with Crippen LogP contribution in [0.5, 0.6) is 0 Å². The smallest absolute Gasteiger partial charge is 0.0655 e. The molecule has 0 aromatic rings. The Kier molecular flexibility index (Phi) is 1.76. The standard InChI is InChI=1S/C11H20O/c1-9(2)11-6-4-10(3,5-7-11)12-8-11/h9H,4-8H2,1-3H3. The number of ether oxygens (including phenoxy) is 1. The van der Waals surface area contributed by atoms with Gasteiger partial charge in [0.05, 0.1) is 12.2 Å². The molecule has 0 unspecified atom stereocenters. The van der Waals surface area contributed by atoms with Crippen LogP contribution in [-0.4, -0.2) is 12.2 Å². The van der Waals surface area contributed by atoms with Gasteiger partial charge in [-0.15, -0.1) is 0 Å². The highest BCUT2D eigenvalue weighted by atomic mass is 16.5. The van der Waals surface area contributed by atoms with E-state index in [4.69, 9.17) is 4.74 Å². The fourth-order valence-corrected chi connectivity index (χ4v) is 2.63. The van der Waals surface area contributed by atoms with Crippen LogP contribution in [0.25, 0.3) is 0 Å². The van der Waals surface area contributed by atoms with Crippen LogP contribution in [0.4, 0.5) is 0 Å². The van der Waals surface area contributed by atoms with E-state index in [-0.39, 0.29) is 5.60 Å². The number of hydrogen-bond acceptors (Lipinski definition) is 1. The van der Waals surface area contributed by atoms with Crippen LogP contribution < -0.4 is 0 Å². The molecule has 12 heavy (non-hydrogen) atoms. The third-order valence-corrected chi connectivity index (χ3v) is 4.24. The van der Waals surface area contributed by atoms with Crippen LogP contribution in [-0.2, 0) is 4.74 Å². The molecule has 0 radical (unpaired) electrons. The minimum Gasteiger partial charge on any atom is -0.375 e. The van der Waals surface area contributed by atoms with E-state index >= 15 is 0 Å². The molecule has 2 heterocycles. The minimum atomic E-state index is 0.247.